The number of carbonyl (C=O) groups is 2. The molecule has 0 heterocycles. The number of hydrogen-bond acceptors (Lipinski definition) is 5. The van der Waals surface area contributed by atoms with Crippen LogP contribution in [-0.4, -0.2) is 47.4 Å². The van der Waals surface area contributed by atoms with Crippen LogP contribution in [0.4, 0.5) is 0 Å². The van der Waals surface area contributed by atoms with Crippen molar-refractivity contribution in [3.8, 4) is 0 Å². The molecule has 0 aliphatic rings. The van der Waals surface area contributed by atoms with Gasteiger partial charge in [-0.25, -0.2) is 0 Å². The van der Waals surface area contributed by atoms with Gasteiger partial charge in [-0.3, -0.25) is 9.59 Å². The zero-order chi connectivity index (χ0) is 64.2. The fourth-order valence-corrected chi connectivity index (χ4v) is 13.5. The molecule has 6 nitrogen and oxygen atoms in total. The Balaban J connectivity index is 3.35. The van der Waals surface area contributed by atoms with Gasteiger partial charge in [-0.15, -0.1) is 0 Å². The molecule has 530 valence electrons. The number of hydrogen-bond donors (Lipinski definition) is 3. The van der Waals surface area contributed by atoms with Gasteiger partial charge in [0.15, 0.2) is 0 Å². The van der Waals surface area contributed by atoms with Gasteiger partial charge in [0.25, 0.3) is 0 Å². The van der Waals surface area contributed by atoms with Crippen molar-refractivity contribution in [1.82, 2.24) is 5.32 Å². The average Bonchev–Trinajstić information content (AvgIpc) is 3.62. The molecule has 1 amide bonds. The fourth-order valence-electron chi connectivity index (χ4n) is 13.5. The summed E-state index contributed by atoms with van der Waals surface area (Å²) in [5.41, 5.74) is 0. The summed E-state index contributed by atoms with van der Waals surface area (Å²) in [5, 5.41) is 23.5. The highest BCUT2D eigenvalue weighted by atomic mass is 16.5. The van der Waals surface area contributed by atoms with E-state index in [-0.39, 0.29) is 18.5 Å². The zero-order valence-corrected chi connectivity index (χ0v) is 61.0. The molecule has 0 aliphatic carbocycles. The molecule has 0 aliphatic heterocycles. The highest BCUT2D eigenvalue weighted by Gasteiger charge is 2.20. The Bertz CT molecular complexity index is 1350. The lowest BCUT2D eigenvalue weighted by atomic mass is 10.0. The van der Waals surface area contributed by atoms with E-state index in [2.05, 4.69) is 31.3 Å². The van der Waals surface area contributed by atoms with Crippen molar-refractivity contribution in [2.45, 2.75) is 495 Å². The largest absolute Gasteiger partial charge is 0.466 e. The summed E-state index contributed by atoms with van der Waals surface area (Å²) in [4.78, 5) is 24.7. The third-order valence-corrected chi connectivity index (χ3v) is 19.8. The van der Waals surface area contributed by atoms with Crippen LogP contribution in [0.3, 0.4) is 0 Å². The van der Waals surface area contributed by atoms with Gasteiger partial charge in [-0.1, -0.05) is 431 Å². The summed E-state index contributed by atoms with van der Waals surface area (Å²) >= 11 is 0. The van der Waals surface area contributed by atoms with E-state index in [1.165, 1.54) is 411 Å². The van der Waals surface area contributed by atoms with Crippen molar-refractivity contribution in [1.29, 1.82) is 0 Å². The van der Waals surface area contributed by atoms with E-state index >= 15 is 0 Å². The summed E-state index contributed by atoms with van der Waals surface area (Å²) in [5.74, 6) is -0.00369. The normalized spacial score (nSPS) is 12.4. The first kappa shape index (κ1) is 87.6. The standard InChI is InChI=1S/C83H163NO5/c1-3-5-7-9-11-13-15-17-19-21-22-23-24-32-35-38-41-44-47-51-55-59-63-67-71-75-81(86)80(79-85)84-82(87)76-72-68-64-60-56-52-48-45-42-39-36-33-30-28-26-25-27-29-31-34-37-40-43-46-50-54-58-62-66-70-74-78-89-83(88)77-73-69-65-61-57-53-49-20-18-16-14-12-10-8-6-4-2/h27,29,80-81,85-86H,3-26,28,30-79H2,1-2H3,(H,84,87)/b29-27-. The van der Waals surface area contributed by atoms with Crippen LogP contribution in [0.25, 0.3) is 0 Å². The van der Waals surface area contributed by atoms with Gasteiger partial charge < -0.3 is 20.3 Å². The minimum Gasteiger partial charge on any atom is -0.466 e. The Morgan fingerprint density at radius 2 is 0.528 bits per heavy atom. The van der Waals surface area contributed by atoms with E-state index in [9.17, 15) is 19.8 Å². The monoisotopic (exact) mass is 1250 g/mol. The predicted molar refractivity (Wildman–Crippen MR) is 394 cm³/mol. The van der Waals surface area contributed by atoms with Crippen LogP contribution in [0.5, 0.6) is 0 Å². The first-order chi connectivity index (χ1) is 44.0. The van der Waals surface area contributed by atoms with Crippen LogP contribution >= 0.6 is 0 Å². The van der Waals surface area contributed by atoms with Crippen LogP contribution in [-0.2, 0) is 14.3 Å². The van der Waals surface area contributed by atoms with Gasteiger partial charge in [0.1, 0.15) is 0 Å². The minimum atomic E-state index is -0.664. The van der Waals surface area contributed by atoms with Gasteiger partial charge >= 0.3 is 5.97 Å². The number of esters is 1. The van der Waals surface area contributed by atoms with E-state index < -0.39 is 12.1 Å². The second-order valence-corrected chi connectivity index (χ2v) is 28.8. The molecular formula is C83H163NO5. The van der Waals surface area contributed by atoms with Crippen molar-refractivity contribution in [2.75, 3.05) is 13.2 Å². The second kappa shape index (κ2) is 79.0. The zero-order valence-electron chi connectivity index (χ0n) is 61.0. The van der Waals surface area contributed by atoms with Gasteiger partial charge in [0.2, 0.25) is 5.91 Å². The maximum absolute atomic E-state index is 12.6. The molecule has 0 aromatic heterocycles. The number of amides is 1. The lowest BCUT2D eigenvalue weighted by molar-refractivity contribution is -0.143. The third kappa shape index (κ3) is 75.5. The quantitative estimate of drug-likeness (QED) is 0.0320. The van der Waals surface area contributed by atoms with Gasteiger partial charge in [-0.05, 0) is 51.4 Å². The van der Waals surface area contributed by atoms with Crippen LogP contribution in [0.1, 0.15) is 483 Å². The smallest absolute Gasteiger partial charge is 0.305 e. The van der Waals surface area contributed by atoms with Gasteiger partial charge in [-0.2, -0.15) is 0 Å². The average molecular weight is 1260 g/mol. The van der Waals surface area contributed by atoms with Crippen molar-refractivity contribution in [3.63, 3.8) is 0 Å². The number of ether oxygens (including phenoxy) is 1. The first-order valence-corrected chi connectivity index (χ1v) is 41.4. The molecule has 2 atom stereocenters. The Labute approximate surface area is 559 Å². The van der Waals surface area contributed by atoms with Crippen molar-refractivity contribution >= 4 is 11.9 Å². The molecule has 6 heteroatoms. The fraction of sp³-hybridized carbons (Fsp3) is 0.952. The second-order valence-electron chi connectivity index (χ2n) is 28.8. The van der Waals surface area contributed by atoms with Crippen LogP contribution < -0.4 is 5.32 Å². The molecular weight excluding hydrogens is 1090 g/mol. The highest BCUT2D eigenvalue weighted by molar-refractivity contribution is 5.76. The Kier molecular flexibility index (Phi) is 77.8. The predicted octanol–water partition coefficient (Wildman–Crippen LogP) is 27.4. The first-order valence-electron chi connectivity index (χ1n) is 41.4. The summed E-state index contributed by atoms with van der Waals surface area (Å²) in [7, 11) is 0. The molecule has 2 unspecified atom stereocenters. The van der Waals surface area contributed by atoms with E-state index in [1.807, 2.05) is 0 Å². The van der Waals surface area contributed by atoms with Crippen molar-refractivity contribution < 1.29 is 24.5 Å². The molecule has 0 aromatic carbocycles. The molecule has 3 N–H and O–H groups in total. The molecule has 0 aromatic rings. The van der Waals surface area contributed by atoms with Crippen LogP contribution in [0.15, 0.2) is 12.2 Å². The van der Waals surface area contributed by atoms with Crippen molar-refractivity contribution in [3.05, 3.63) is 12.2 Å². The molecule has 0 bridgehead atoms. The van der Waals surface area contributed by atoms with Gasteiger partial charge in [0.05, 0.1) is 25.4 Å². The highest BCUT2D eigenvalue weighted by Crippen LogP contribution is 2.21. The van der Waals surface area contributed by atoms with Crippen molar-refractivity contribution in [2.24, 2.45) is 0 Å². The molecule has 0 fully saturated rings. The Hall–Kier alpha value is -1.40. The molecule has 89 heavy (non-hydrogen) atoms. The summed E-state index contributed by atoms with van der Waals surface area (Å²) in [6.07, 6.45) is 100. The topological polar surface area (TPSA) is 95.9 Å². The number of aliphatic hydroxyl groups is 2. The van der Waals surface area contributed by atoms with E-state index in [4.69, 9.17) is 4.74 Å². The molecule has 0 saturated carbocycles. The molecule has 0 rings (SSSR count). The number of rotatable bonds is 79. The maximum Gasteiger partial charge on any atom is 0.305 e. The number of unbranched alkanes of at least 4 members (excludes halogenated alkanes) is 66. The van der Waals surface area contributed by atoms with E-state index in [0.717, 1.165) is 38.5 Å². The van der Waals surface area contributed by atoms with Crippen LogP contribution in [0.2, 0.25) is 0 Å². The number of carbonyl (C=O) groups excluding carboxylic acids is 2. The molecule has 0 spiro atoms. The van der Waals surface area contributed by atoms with E-state index in [0.29, 0.717) is 25.9 Å². The lowest BCUT2D eigenvalue weighted by Gasteiger charge is -2.22. The number of aliphatic hydroxyl groups excluding tert-OH is 2. The number of nitrogens with one attached hydrogen (secondary N) is 1. The van der Waals surface area contributed by atoms with E-state index in [1.54, 1.807) is 0 Å². The number of allylic oxidation sites excluding steroid dienone is 2. The third-order valence-electron chi connectivity index (χ3n) is 19.8. The SMILES string of the molecule is CCCCCCCCCCCCCCCCCCCCCCCCCCCC(O)C(CO)NC(=O)CCCCCCCCCCCCCCCCC/C=C\CCCCCCCCCCCCCCOC(=O)CCCCCCCCCCCCCCCCCC. The molecule has 0 radical (unpaired) electrons. The lowest BCUT2D eigenvalue weighted by Crippen LogP contribution is -2.45. The Morgan fingerprint density at radius 3 is 0.798 bits per heavy atom. The van der Waals surface area contributed by atoms with Gasteiger partial charge in [0, 0.05) is 12.8 Å². The van der Waals surface area contributed by atoms with Crippen LogP contribution in [0, 0.1) is 0 Å². The summed E-state index contributed by atoms with van der Waals surface area (Å²) in [6.45, 7) is 5.02. The molecule has 0 saturated heterocycles. The summed E-state index contributed by atoms with van der Waals surface area (Å²) < 4.78 is 5.51. The summed E-state index contributed by atoms with van der Waals surface area (Å²) in [6, 6.07) is -0.541. The Morgan fingerprint density at radius 1 is 0.303 bits per heavy atom. The maximum atomic E-state index is 12.6. The minimum absolute atomic E-state index is 0.0226.